The van der Waals surface area contributed by atoms with Crippen molar-refractivity contribution in [1.82, 2.24) is 25.2 Å². The van der Waals surface area contributed by atoms with Gasteiger partial charge in [-0.3, -0.25) is 0 Å². The smallest absolute Gasteiger partial charge is 0.291 e. The SMILES string of the molecule is CC(C)c1nn(-c2noc(C3CC(NCC4CCCOC4)C3)n2)c2c(F)cccc12. The van der Waals surface area contributed by atoms with Crippen LogP contribution in [0, 0.1) is 11.7 Å². The van der Waals surface area contributed by atoms with Gasteiger partial charge in [-0.25, -0.2) is 4.39 Å². The Balaban J connectivity index is 1.28. The molecule has 1 N–H and O–H groups in total. The normalized spacial score (nSPS) is 24.5. The van der Waals surface area contributed by atoms with Gasteiger partial charge in [-0.15, -0.1) is 0 Å². The van der Waals surface area contributed by atoms with E-state index in [2.05, 4.69) is 20.6 Å². The van der Waals surface area contributed by atoms with Crippen LogP contribution in [0.25, 0.3) is 16.9 Å². The quantitative estimate of drug-likeness (QED) is 0.660. The van der Waals surface area contributed by atoms with E-state index in [-0.39, 0.29) is 17.7 Å². The number of fused-ring (bicyclic) bond motifs is 1. The highest BCUT2D eigenvalue weighted by molar-refractivity contribution is 5.84. The molecule has 160 valence electrons. The first kappa shape index (κ1) is 19.6. The minimum atomic E-state index is -0.335. The maximum Gasteiger partial charge on any atom is 0.291 e. The first-order chi connectivity index (χ1) is 14.6. The zero-order valence-corrected chi connectivity index (χ0v) is 17.5. The van der Waals surface area contributed by atoms with E-state index in [1.807, 2.05) is 19.9 Å². The summed E-state index contributed by atoms with van der Waals surface area (Å²) in [6.07, 6.45) is 4.34. The van der Waals surface area contributed by atoms with Gasteiger partial charge in [0, 0.05) is 30.5 Å². The number of nitrogens with one attached hydrogen (secondary N) is 1. The Labute approximate surface area is 175 Å². The number of rotatable bonds is 6. The minimum absolute atomic E-state index is 0.162. The number of aromatic nitrogens is 4. The first-order valence-electron chi connectivity index (χ1n) is 10.9. The monoisotopic (exact) mass is 413 g/mol. The lowest BCUT2D eigenvalue weighted by atomic mass is 9.80. The number of nitrogens with zero attached hydrogens (tertiary/aromatic N) is 4. The van der Waals surface area contributed by atoms with Crippen molar-refractivity contribution in [1.29, 1.82) is 0 Å². The molecule has 1 aliphatic carbocycles. The highest BCUT2D eigenvalue weighted by atomic mass is 19.1. The molecule has 5 rings (SSSR count). The van der Waals surface area contributed by atoms with Crippen LogP contribution >= 0.6 is 0 Å². The van der Waals surface area contributed by atoms with Gasteiger partial charge in [-0.1, -0.05) is 26.0 Å². The van der Waals surface area contributed by atoms with E-state index in [0.717, 1.165) is 50.1 Å². The van der Waals surface area contributed by atoms with Crippen molar-refractivity contribution in [2.45, 2.75) is 57.4 Å². The molecule has 1 unspecified atom stereocenters. The summed E-state index contributed by atoms with van der Waals surface area (Å²) in [5, 5.41) is 13.1. The van der Waals surface area contributed by atoms with E-state index in [9.17, 15) is 4.39 Å². The van der Waals surface area contributed by atoms with Crippen molar-refractivity contribution in [2.24, 2.45) is 5.92 Å². The highest BCUT2D eigenvalue weighted by Crippen LogP contribution is 2.37. The number of para-hydroxylation sites is 1. The zero-order valence-electron chi connectivity index (χ0n) is 17.5. The Bertz CT molecular complexity index is 1020. The highest BCUT2D eigenvalue weighted by Gasteiger charge is 2.35. The lowest BCUT2D eigenvalue weighted by molar-refractivity contribution is 0.0518. The predicted octanol–water partition coefficient (Wildman–Crippen LogP) is 3.93. The van der Waals surface area contributed by atoms with Crippen LogP contribution in [0.15, 0.2) is 22.7 Å². The molecule has 1 saturated heterocycles. The van der Waals surface area contributed by atoms with Gasteiger partial charge in [-0.2, -0.15) is 14.8 Å². The first-order valence-corrected chi connectivity index (χ1v) is 10.9. The number of halogens is 1. The molecule has 3 aromatic rings. The third-order valence-electron chi connectivity index (χ3n) is 6.29. The van der Waals surface area contributed by atoms with Crippen molar-refractivity contribution in [3.05, 3.63) is 35.6 Å². The fourth-order valence-electron chi connectivity index (χ4n) is 4.49. The third-order valence-corrected chi connectivity index (χ3v) is 6.29. The summed E-state index contributed by atoms with van der Waals surface area (Å²) < 4.78 is 27.1. The molecule has 1 saturated carbocycles. The Kier molecular flexibility index (Phi) is 5.28. The van der Waals surface area contributed by atoms with Crippen LogP contribution in [-0.4, -0.2) is 45.7 Å². The molecule has 0 amide bonds. The van der Waals surface area contributed by atoms with E-state index < -0.39 is 0 Å². The van der Waals surface area contributed by atoms with Crippen LogP contribution in [0.5, 0.6) is 0 Å². The fourth-order valence-corrected chi connectivity index (χ4v) is 4.49. The molecular weight excluding hydrogens is 385 g/mol. The lowest BCUT2D eigenvalue weighted by Crippen LogP contribution is -2.43. The second-order valence-electron chi connectivity index (χ2n) is 8.88. The van der Waals surface area contributed by atoms with Gasteiger partial charge in [0.05, 0.1) is 12.3 Å². The summed E-state index contributed by atoms with van der Waals surface area (Å²) in [4.78, 5) is 4.56. The van der Waals surface area contributed by atoms with Gasteiger partial charge >= 0.3 is 0 Å². The van der Waals surface area contributed by atoms with Gasteiger partial charge < -0.3 is 14.6 Å². The summed E-state index contributed by atoms with van der Waals surface area (Å²) >= 11 is 0. The van der Waals surface area contributed by atoms with Crippen LogP contribution in [0.3, 0.4) is 0 Å². The van der Waals surface area contributed by atoms with E-state index in [4.69, 9.17) is 9.26 Å². The van der Waals surface area contributed by atoms with Crippen LogP contribution in [0.2, 0.25) is 0 Å². The molecule has 2 aromatic heterocycles. The molecule has 1 aliphatic heterocycles. The van der Waals surface area contributed by atoms with Gasteiger partial charge in [0.25, 0.3) is 5.95 Å². The molecule has 3 heterocycles. The maximum atomic E-state index is 14.6. The Morgan fingerprint density at radius 1 is 1.30 bits per heavy atom. The van der Waals surface area contributed by atoms with Crippen molar-refractivity contribution in [3.8, 4) is 5.95 Å². The number of hydrogen-bond acceptors (Lipinski definition) is 6. The number of ether oxygens (including phenoxy) is 1. The Morgan fingerprint density at radius 3 is 2.93 bits per heavy atom. The summed E-state index contributed by atoms with van der Waals surface area (Å²) in [5.41, 5.74) is 1.23. The topological polar surface area (TPSA) is 78.0 Å². The van der Waals surface area contributed by atoms with Crippen molar-refractivity contribution >= 4 is 10.9 Å². The largest absolute Gasteiger partial charge is 0.381 e. The second-order valence-corrected chi connectivity index (χ2v) is 8.88. The zero-order chi connectivity index (χ0) is 20.7. The molecule has 0 bridgehead atoms. The van der Waals surface area contributed by atoms with Crippen LogP contribution in [0.1, 0.15) is 63.0 Å². The molecule has 1 aromatic carbocycles. The molecular formula is C22H28FN5O2. The molecule has 2 fully saturated rings. The van der Waals surface area contributed by atoms with E-state index >= 15 is 0 Å². The predicted molar refractivity (Wildman–Crippen MR) is 110 cm³/mol. The van der Waals surface area contributed by atoms with E-state index in [1.165, 1.54) is 17.2 Å². The summed E-state index contributed by atoms with van der Waals surface area (Å²) in [6, 6.07) is 5.50. The van der Waals surface area contributed by atoms with Gasteiger partial charge in [-0.05, 0) is 48.7 Å². The third kappa shape index (κ3) is 3.63. The molecule has 0 radical (unpaired) electrons. The summed E-state index contributed by atoms with van der Waals surface area (Å²) in [5.74, 6) is 1.58. The molecule has 0 spiro atoms. The molecule has 30 heavy (non-hydrogen) atoms. The minimum Gasteiger partial charge on any atom is -0.381 e. The van der Waals surface area contributed by atoms with Gasteiger partial charge in [0.2, 0.25) is 5.89 Å². The number of hydrogen-bond donors (Lipinski definition) is 1. The van der Waals surface area contributed by atoms with E-state index in [0.29, 0.717) is 29.3 Å². The second kappa shape index (κ2) is 8.07. The number of benzene rings is 1. The fraction of sp³-hybridized carbons (Fsp3) is 0.591. The van der Waals surface area contributed by atoms with Crippen molar-refractivity contribution in [3.63, 3.8) is 0 Å². The summed E-state index contributed by atoms with van der Waals surface area (Å²) in [6.45, 7) is 6.85. The van der Waals surface area contributed by atoms with Crippen LogP contribution in [-0.2, 0) is 4.74 Å². The van der Waals surface area contributed by atoms with E-state index in [1.54, 1.807) is 6.07 Å². The summed E-state index contributed by atoms with van der Waals surface area (Å²) in [7, 11) is 0. The van der Waals surface area contributed by atoms with Crippen LogP contribution in [0.4, 0.5) is 4.39 Å². The van der Waals surface area contributed by atoms with Crippen molar-refractivity contribution < 1.29 is 13.7 Å². The Morgan fingerprint density at radius 2 is 2.17 bits per heavy atom. The average Bonchev–Trinajstić information content (AvgIpc) is 3.33. The molecule has 1 atom stereocenters. The lowest BCUT2D eigenvalue weighted by Gasteiger charge is -2.35. The molecule has 7 nitrogen and oxygen atoms in total. The van der Waals surface area contributed by atoms with Crippen molar-refractivity contribution in [2.75, 3.05) is 19.8 Å². The average molecular weight is 413 g/mol. The molecule has 2 aliphatic rings. The van der Waals surface area contributed by atoms with Gasteiger partial charge in [0.15, 0.2) is 0 Å². The molecule has 8 heteroatoms. The maximum absolute atomic E-state index is 14.6. The van der Waals surface area contributed by atoms with Gasteiger partial charge in [0.1, 0.15) is 11.3 Å². The standard InChI is InChI=1S/C22H28FN5O2/c1-13(2)19-17-6-3-7-18(23)20(17)28(26-19)22-25-21(30-27-22)15-9-16(10-15)24-11-14-5-4-8-29-12-14/h3,6-7,13-16,24H,4-5,8-12H2,1-2H3. The van der Waals surface area contributed by atoms with Crippen LogP contribution < -0.4 is 5.32 Å². The Hall–Kier alpha value is -2.32.